The van der Waals surface area contributed by atoms with Crippen LogP contribution < -0.4 is 0 Å². The van der Waals surface area contributed by atoms with E-state index in [9.17, 15) is 9.90 Å². The molecule has 2 rings (SSSR count). The standard InChI is InChI=1S/C15H17NO2/c1-2-3-9-13-10-14(17)15(18)16(13)11-12-7-5-4-6-8-12/h4-10,17H,2-3,11H2,1H3/b13-9+. The summed E-state index contributed by atoms with van der Waals surface area (Å²) >= 11 is 0. The largest absolute Gasteiger partial charge is 0.503 e. The van der Waals surface area contributed by atoms with Gasteiger partial charge in [0.25, 0.3) is 5.91 Å². The number of rotatable bonds is 4. The van der Waals surface area contributed by atoms with Crippen molar-refractivity contribution in [3.8, 4) is 0 Å². The summed E-state index contributed by atoms with van der Waals surface area (Å²) in [5.41, 5.74) is 1.85. The number of unbranched alkanes of at least 4 members (excludes halogenated alkanes) is 1. The molecule has 0 atom stereocenters. The number of aliphatic hydroxyl groups excluding tert-OH is 1. The molecule has 1 aliphatic heterocycles. The maximum atomic E-state index is 11.9. The second-order valence-electron chi connectivity index (χ2n) is 4.32. The van der Waals surface area contributed by atoms with E-state index in [1.807, 2.05) is 36.4 Å². The third-order valence-electron chi connectivity index (χ3n) is 2.89. The van der Waals surface area contributed by atoms with Gasteiger partial charge in [0.05, 0.1) is 6.54 Å². The zero-order valence-corrected chi connectivity index (χ0v) is 10.5. The minimum Gasteiger partial charge on any atom is -0.503 e. The molecule has 1 heterocycles. The lowest BCUT2D eigenvalue weighted by Gasteiger charge is -2.18. The van der Waals surface area contributed by atoms with Gasteiger partial charge in [0.1, 0.15) is 0 Å². The molecule has 0 saturated heterocycles. The smallest absolute Gasteiger partial charge is 0.293 e. The number of aliphatic hydroxyl groups is 1. The Morgan fingerprint density at radius 2 is 2.00 bits per heavy atom. The van der Waals surface area contributed by atoms with Crippen LogP contribution in [0.3, 0.4) is 0 Å². The quantitative estimate of drug-likeness (QED) is 0.882. The Kier molecular flexibility index (Phi) is 3.82. The monoisotopic (exact) mass is 243 g/mol. The van der Waals surface area contributed by atoms with E-state index in [2.05, 4.69) is 6.92 Å². The van der Waals surface area contributed by atoms with Gasteiger partial charge in [-0.25, -0.2) is 0 Å². The molecule has 0 spiro atoms. The van der Waals surface area contributed by atoms with E-state index < -0.39 is 0 Å². The molecule has 0 aliphatic carbocycles. The first kappa shape index (κ1) is 12.4. The third kappa shape index (κ3) is 2.62. The van der Waals surface area contributed by atoms with Crippen molar-refractivity contribution in [2.75, 3.05) is 0 Å². The molecule has 0 unspecified atom stereocenters. The molecule has 0 fully saturated rings. The van der Waals surface area contributed by atoms with E-state index in [1.54, 1.807) is 11.0 Å². The minimum atomic E-state index is -0.318. The number of hydrogen-bond acceptors (Lipinski definition) is 2. The Bertz CT molecular complexity index is 488. The van der Waals surface area contributed by atoms with Crippen LogP contribution in [-0.4, -0.2) is 15.9 Å². The van der Waals surface area contributed by atoms with Crippen molar-refractivity contribution in [3.63, 3.8) is 0 Å². The highest BCUT2D eigenvalue weighted by atomic mass is 16.3. The van der Waals surface area contributed by atoms with Crippen molar-refractivity contribution >= 4 is 5.91 Å². The summed E-state index contributed by atoms with van der Waals surface area (Å²) < 4.78 is 0. The van der Waals surface area contributed by atoms with Gasteiger partial charge in [0.15, 0.2) is 5.76 Å². The molecule has 1 aliphatic rings. The SMILES string of the molecule is CCC/C=C1\C=C(O)C(=O)N1Cc1ccccc1. The Morgan fingerprint density at radius 1 is 1.28 bits per heavy atom. The Balaban J connectivity index is 2.18. The van der Waals surface area contributed by atoms with Crippen molar-refractivity contribution in [1.82, 2.24) is 4.90 Å². The molecule has 94 valence electrons. The first-order chi connectivity index (χ1) is 8.72. The number of carbonyl (C=O) groups excluding carboxylic acids is 1. The van der Waals surface area contributed by atoms with Crippen molar-refractivity contribution in [2.45, 2.75) is 26.3 Å². The van der Waals surface area contributed by atoms with Crippen LogP contribution in [0.1, 0.15) is 25.3 Å². The number of allylic oxidation sites excluding steroid dienone is 2. The molecule has 18 heavy (non-hydrogen) atoms. The molecule has 0 radical (unpaired) electrons. The maximum absolute atomic E-state index is 11.9. The van der Waals surface area contributed by atoms with E-state index in [4.69, 9.17) is 0 Å². The summed E-state index contributed by atoms with van der Waals surface area (Å²) in [5.74, 6) is -0.491. The van der Waals surface area contributed by atoms with Crippen LogP contribution in [0, 0.1) is 0 Å². The van der Waals surface area contributed by atoms with Gasteiger partial charge in [-0.3, -0.25) is 4.79 Å². The van der Waals surface area contributed by atoms with Crippen LogP contribution in [-0.2, 0) is 11.3 Å². The van der Waals surface area contributed by atoms with E-state index in [-0.39, 0.29) is 11.7 Å². The fourth-order valence-corrected chi connectivity index (χ4v) is 1.93. The van der Waals surface area contributed by atoms with E-state index in [1.165, 1.54) is 0 Å². The van der Waals surface area contributed by atoms with E-state index >= 15 is 0 Å². The minimum absolute atomic E-state index is 0.173. The molecule has 3 heteroatoms. The Morgan fingerprint density at radius 3 is 2.67 bits per heavy atom. The van der Waals surface area contributed by atoms with Crippen LogP contribution in [0.15, 0.2) is 53.9 Å². The zero-order chi connectivity index (χ0) is 13.0. The number of hydrogen-bond donors (Lipinski definition) is 1. The van der Waals surface area contributed by atoms with Crippen LogP contribution in [0.2, 0.25) is 0 Å². The molecule has 3 nitrogen and oxygen atoms in total. The van der Waals surface area contributed by atoms with Crippen molar-refractivity contribution in [1.29, 1.82) is 0 Å². The average Bonchev–Trinajstić information content (AvgIpc) is 2.65. The number of carbonyl (C=O) groups is 1. The topological polar surface area (TPSA) is 40.5 Å². The van der Waals surface area contributed by atoms with Gasteiger partial charge in [-0.15, -0.1) is 0 Å². The number of benzene rings is 1. The van der Waals surface area contributed by atoms with Crippen LogP contribution in [0.25, 0.3) is 0 Å². The summed E-state index contributed by atoms with van der Waals surface area (Å²) in [6.07, 6.45) is 5.45. The predicted octanol–water partition coefficient (Wildman–Crippen LogP) is 3.15. The van der Waals surface area contributed by atoms with Crippen molar-refractivity contribution in [2.24, 2.45) is 0 Å². The summed E-state index contributed by atoms with van der Waals surface area (Å²) in [7, 11) is 0. The maximum Gasteiger partial charge on any atom is 0.293 e. The molecule has 1 N–H and O–H groups in total. The second kappa shape index (κ2) is 5.54. The van der Waals surface area contributed by atoms with Crippen molar-refractivity contribution < 1.29 is 9.90 Å². The van der Waals surface area contributed by atoms with Gasteiger partial charge in [-0.05, 0) is 12.0 Å². The molecular formula is C15H17NO2. The summed E-state index contributed by atoms with van der Waals surface area (Å²) in [6.45, 7) is 2.58. The summed E-state index contributed by atoms with van der Waals surface area (Å²) in [6, 6.07) is 9.77. The Hall–Kier alpha value is -2.03. The second-order valence-corrected chi connectivity index (χ2v) is 4.32. The van der Waals surface area contributed by atoms with Gasteiger partial charge < -0.3 is 10.0 Å². The van der Waals surface area contributed by atoms with Gasteiger partial charge in [0, 0.05) is 11.8 Å². The van der Waals surface area contributed by atoms with Crippen LogP contribution in [0.5, 0.6) is 0 Å². The normalized spacial score (nSPS) is 17.4. The first-order valence-corrected chi connectivity index (χ1v) is 6.19. The fourth-order valence-electron chi connectivity index (χ4n) is 1.93. The number of nitrogens with zero attached hydrogens (tertiary/aromatic N) is 1. The lowest BCUT2D eigenvalue weighted by atomic mass is 10.2. The third-order valence-corrected chi connectivity index (χ3v) is 2.89. The number of amides is 1. The van der Waals surface area contributed by atoms with Crippen LogP contribution in [0.4, 0.5) is 0 Å². The highest BCUT2D eigenvalue weighted by Crippen LogP contribution is 2.23. The molecular weight excluding hydrogens is 226 g/mol. The lowest BCUT2D eigenvalue weighted by molar-refractivity contribution is -0.127. The van der Waals surface area contributed by atoms with E-state index in [0.29, 0.717) is 6.54 Å². The average molecular weight is 243 g/mol. The highest BCUT2D eigenvalue weighted by molar-refractivity contribution is 5.96. The van der Waals surface area contributed by atoms with Gasteiger partial charge >= 0.3 is 0 Å². The first-order valence-electron chi connectivity index (χ1n) is 6.19. The fraction of sp³-hybridized carbons (Fsp3) is 0.267. The Labute approximate surface area is 107 Å². The molecule has 1 amide bonds. The molecule has 0 bridgehead atoms. The lowest BCUT2D eigenvalue weighted by Crippen LogP contribution is -2.25. The van der Waals surface area contributed by atoms with E-state index in [0.717, 1.165) is 24.1 Å². The van der Waals surface area contributed by atoms with Gasteiger partial charge in [-0.1, -0.05) is 49.8 Å². The summed E-state index contributed by atoms with van der Waals surface area (Å²) in [4.78, 5) is 13.5. The molecule has 1 aromatic rings. The predicted molar refractivity (Wildman–Crippen MR) is 70.7 cm³/mol. The zero-order valence-electron chi connectivity index (χ0n) is 10.5. The summed E-state index contributed by atoms with van der Waals surface area (Å²) in [5, 5.41) is 9.54. The van der Waals surface area contributed by atoms with Crippen molar-refractivity contribution in [3.05, 3.63) is 59.5 Å². The van der Waals surface area contributed by atoms with Gasteiger partial charge in [0.2, 0.25) is 0 Å². The molecule has 0 aromatic heterocycles. The molecule has 1 aromatic carbocycles. The van der Waals surface area contributed by atoms with Gasteiger partial charge in [-0.2, -0.15) is 0 Å². The van der Waals surface area contributed by atoms with Crippen LogP contribution >= 0.6 is 0 Å². The molecule has 0 saturated carbocycles. The highest BCUT2D eigenvalue weighted by Gasteiger charge is 2.27.